The maximum atomic E-state index is 2.24. The van der Waals surface area contributed by atoms with Gasteiger partial charge in [0.05, 0.1) is 0 Å². The molecule has 0 radical (unpaired) electrons. The van der Waals surface area contributed by atoms with Gasteiger partial charge in [-0.1, -0.05) is 58.9 Å². The van der Waals surface area contributed by atoms with Crippen LogP contribution in [-0.4, -0.2) is 23.5 Å². The van der Waals surface area contributed by atoms with Gasteiger partial charge in [0.2, 0.25) is 0 Å². The lowest BCUT2D eigenvalue weighted by Gasteiger charge is -2.06. The second-order valence-electron chi connectivity index (χ2n) is 4.25. The zero-order chi connectivity index (χ0) is 10.8. The van der Waals surface area contributed by atoms with Crippen LogP contribution < -0.4 is 16.4 Å². The third kappa shape index (κ3) is 2.35. The van der Waals surface area contributed by atoms with Crippen LogP contribution >= 0.6 is 0 Å². The fraction of sp³-hybridized carbons (Fsp3) is 0. The minimum atomic E-state index is 1.31. The molecule has 0 saturated carbocycles. The van der Waals surface area contributed by atoms with Gasteiger partial charge in [0.25, 0.3) is 0 Å². The first kappa shape index (κ1) is 10.2. The smallest absolute Gasteiger partial charge is 0.0889 e. The summed E-state index contributed by atoms with van der Waals surface area (Å²) in [6.07, 6.45) is 0. The van der Waals surface area contributed by atoms with Crippen LogP contribution in [0.3, 0.4) is 0 Å². The highest BCUT2D eigenvalue weighted by Crippen LogP contribution is 2.14. The first-order valence-electron chi connectivity index (χ1n) is 5.30. The normalized spacial score (nSPS) is 10.1. The van der Waals surface area contributed by atoms with Crippen molar-refractivity contribution in [3.63, 3.8) is 0 Å². The molecule has 0 atom stereocenters. The van der Waals surface area contributed by atoms with Gasteiger partial charge in [-0.2, -0.15) is 0 Å². The Morgan fingerprint density at radius 3 is 1.80 bits per heavy atom. The Balaban J connectivity index is 2.54. The molecule has 0 spiro atoms. The van der Waals surface area contributed by atoms with E-state index in [4.69, 9.17) is 0 Å². The Labute approximate surface area is 93.9 Å². The molecule has 0 N–H and O–H groups in total. The average molecular weight is 190 g/mol. The molecule has 0 heterocycles. The minimum absolute atomic E-state index is 1.31. The summed E-state index contributed by atoms with van der Waals surface area (Å²) >= 11 is 0. The van der Waals surface area contributed by atoms with Gasteiger partial charge in [-0.15, -0.1) is 0 Å². The van der Waals surface area contributed by atoms with Gasteiger partial charge in [0.15, 0.2) is 0 Å². The van der Waals surface area contributed by atoms with Gasteiger partial charge in [0, 0.05) is 0 Å². The molecule has 0 saturated heterocycles. The second kappa shape index (κ2) is 4.02. The lowest BCUT2D eigenvalue weighted by Crippen LogP contribution is -2.13. The summed E-state index contributed by atoms with van der Waals surface area (Å²) in [6.45, 7) is 0. The van der Waals surface area contributed by atoms with Crippen molar-refractivity contribution in [1.29, 1.82) is 0 Å². The molecule has 2 aromatic rings. The minimum Gasteiger partial charge on any atom is -0.0889 e. The van der Waals surface area contributed by atoms with Crippen LogP contribution in [0.15, 0.2) is 42.5 Å². The topological polar surface area (TPSA) is 0 Å². The third-order valence-corrected chi connectivity index (χ3v) is 2.57. The van der Waals surface area contributed by atoms with Gasteiger partial charge < -0.3 is 0 Å². The van der Waals surface area contributed by atoms with Gasteiger partial charge in [-0.05, 0) is 11.1 Å². The maximum Gasteiger partial charge on any atom is 0.139 e. The molecule has 0 bridgehead atoms. The Morgan fingerprint density at radius 2 is 1.20 bits per heavy atom. The molecule has 0 unspecified atom stereocenters. The Bertz CT molecular complexity index is 472. The number of benzene rings is 2. The number of hydrogen-bond acceptors (Lipinski definition) is 0. The number of hydrogen-bond donors (Lipinski definition) is 0. The van der Waals surface area contributed by atoms with Crippen LogP contribution in [0.25, 0.3) is 11.1 Å². The Kier molecular flexibility index (Phi) is 2.72. The van der Waals surface area contributed by atoms with Crippen LogP contribution in [0.1, 0.15) is 0 Å². The highest BCUT2D eigenvalue weighted by Gasteiger charge is 1.99. The predicted molar refractivity (Wildman–Crippen MR) is 76.4 cm³/mol. The van der Waals surface area contributed by atoms with E-state index in [2.05, 4.69) is 66.0 Å². The van der Waals surface area contributed by atoms with E-state index in [1.54, 1.807) is 0 Å². The summed E-state index contributed by atoms with van der Waals surface area (Å²) in [5, 5.41) is 0. The zero-order valence-corrected chi connectivity index (χ0v) is 9.54. The van der Waals surface area contributed by atoms with Crippen molar-refractivity contribution in [2.24, 2.45) is 0 Å². The van der Waals surface area contributed by atoms with Crippen LogP contribution in [-0.2, 0) is 0 Å². The van der Waals surface area contributed by atoms with E-state index in [0.717, 1.165) is 0 Å². The Hall–Kier alpha value is -1.37. The monoisotopic (exact) mass is 190 g/mol. The molecule has 0 aliphatic heterocycles. The molecule has 0 aromatic heterocycles. The summed E-state index contributed by atoms with van der Waals surface area (Å²) in [5.74, 6) is 0. The van der Waals surface area contributed by atoms with Crippen molar-refractivity contribution in [1.82, 2.24) is 0 Å². The lowest BCUT2D eigenvalue weighted by molar-refractivity contribution is 1.68. The highest BCUT2D eigenvalue weighted by atomic mass is 14.0. The molecular weight excluding hydrogens is 177 g/mol. The molecule has 15 heavy (non-hydrogen) atoms. The number of rotatable bonds is 1. The Morgan fingerprint density at radius 1 is 0.600 bits per heavy atom. The van der Waals surface area contributed by atoms with Crippen molar-refractivity contribution in [3.8, 4) is 11.1 Å². The van der Waals surface area contributed by atoms with Crippen molar-refractivity contribution in [2.75, 3.05) is 0 Å². The molecule has 2 aromatic carbocycles. The van der Waals surface area contributed by atoms with Crippen molar-refractivity contribution in [3.05, 3.63) is 42.5 Å². The standard InChI is InChI=1S/C12H13B3/c13-10-3-1-2-8(4-10)9-5-11(14)7-12(15)6-9/h1-7H,13-15H2. The first-order chi connectivity index (χ1) is 7.15. The van der Waals surface area contributed by atoms with Crippen molar-refractivity contribution in [2.45, 2.75) is 0 Å². The molecule has 70 valence electrons. The van der Waals surface area contributed by atoms with E-state index in [0.29, 0.717) is 0 Å². The maximum absolute atomic E-state index is 2.24. The predicted octanol–water partition coefficient (Wildman–Crippen LogP) is -1.87. The van der Waals surface area contributed by atoms with E-state index < -0.39 is 0 Å². The van der Waals surface area contributed by atoms with Crippen LogP contribution in [0.4, 0.5) is 0 Å². The highest BCUT2D eigenvalue weighted by molar-refractivity contribution is 6.38. The van der Waals surface area contributed by atoms with E-state index in [-0.39, 0.29) is 0 Å². The van der Waals surface area contributed by atoms with Crippen molar-refractivity contribution < 1.29 is 0 Å². The molecule has 0 aliphatic carbocycles. The SMILES string of the molecule is Bc1cccc(-c2cc(B)cc(B)c2)c1. The molecule has 3 heteroatoms. The molecule has 0 amide bonds. The second-order valence-corrected chi connectivity index (χ2v) is 4.25. The summed E-state index contributed by atoms with van der Waals surface area (Å²) in [5.41, 5.74) is 6.59. The van der Waals surface area contributed by atoms with E-state index in [1.807, 2.05) is 0 Å². The quantitative estimate of drug-likeness (QED) is 0.462. The van der Waals surface area contributed by atoms with E-state index in [1.165, 1.54) is 27.5 Å². The van der Waals surface area contributed by atoms with Gasteiger partial charge >= 0.3 is 0 Å². The van der Waals surface area contributed by atoms with E-state index in [9.17, 15) is 0 Å². The molecule has 2 rings (SSSR count). The fourth-order valence-corrected chi connectivity index (χ4v) is 1.97. The zero-order valence-electron chi connectivity index (χ0n) is 9.54. The molecule has 0 aliphatic rings. The summed E-state index contributed by atoms with van der Waals surface area (Å²) in [7, 11) is 6.42. The first-order valence-corrected chi connectivity index (χ1v) is 5.30. The summed E-state index contributed by atoms with van der Waals surface area (Å²) in [4.78, 5) is 0. The molecular formula is C12H13B3. The van der Waals surface area contributed by atoms with Crippen molar-refractivity contribution >= 4 is 39.9 Å². The molecule has 0 fully saturated rings. The van der Waals surface area contributed by atoms with Gasteiger partial charge in [0.1, 0.15) is 23.5 Å². The lowest BCUT2D eigenvalue weighted by atomic mass is 9.83. The summed E-state index contributed by atoms with van der Waals surface area (Å²) < 4.78 is 0. The summed E-state index contributed by atoms with van der Waals surface area (Å²) in [6, 6.07) is 15.3. The third-order valence-electron chi connectivity index (χ3n) is 2.57. The van der Waals surface area contributed by atoms with E-state index >= 15 is 0 Å². The van der Waals surface area contributed by atoms with Crippen LogP contribution in [0.5, 0.6) is 0 Å². The van der Waals surface area contributed by atoms with Gasteiger partial charge in [-0.3, -0.25) is 0 Å². The fourth-order valence-electron chi connectivity index (χ4n) is 1.97. The molecule has 0 nitrogen and oxygen atoms in total. The van der Waals surface area contributed by atoms with Gasteiger partial charge in [-0.25, -0.2) is 0 Å². The van der Waals surface area contributed by atoms with Crippen LogP contribution in [0, 0.1) is 0 Å². The average Bonchev–Trinajstić information content (AvgIpc) is 2.16. The van der Waals surface area contributed by atoms with Crippen LogP contribution in [0.2, 0.25) is 0 Å². The largest absolute Gasteiger partial charge is 0.139 e.